The Hall–Kier alpha value is -7.56. The summed E-state index contributed by atoms with van der Waals surface area (Å²) in [4.78, 5) is 12.9. The van der Waals surface area contributed by atoms with Gasteiger partial charge in [-0.1, -0.05) is 164 Å². The lowest BCUT2D eigenvalue weighted by Crippen LogP contribution is -2.16. The quantitative estimate of drug-likeness (QED) is 0.171. The molecule has 0 spiro atoms. The fourth-order valence-corrected chi connectivity index (χ4v) is 8.10. The zero-order valence-corrected chi connectivity index (χ0v) is 31.3. The molecule has 9 aromatic rings. The standard InChI is InChI=1S/C53H38N4/c1-37-19-5-2-8-22-39-23-11-16-30-50(39)56(37)42-33-41(34-43(35-42)57-51-31-17-14-28-46(51)47-29-15-18-32-52(47)57)48-36-49(55-53(54-48)40-24-9-4-10-25-40)45-27-13-12-26-44(45)38-20-6-3-7-21-38/h2-21,23-36H,1,22H2/b8-2-,19-5-. The van der Waals surface area contributed by atoms with Gasteiger partial charge < -0.3 is 9.47 Å². The third-order valence-corrected chi connectivity index (χ3v) is 10.7. The van der Waals surface area contributed by atoms with Crippen LogP contribution in [0.15, 0.2) is 219 Å². The molecule has 0 fully saturated rings. The number of rotatable bonds is 6. The molecule has 0 N–H and O–H groups in total. The lowest BCUT2D eigenvalue weighted by Gasteiger charge is -2.29. The van der Waals surface area contributed by atoms with Crippen LogP contribution in [0.3, 0.4) is 0 Å². The molecule has 0 saturated heterocycles. The highest BCUT2D eigenvalue weighted by Gasteiger charge is 2.21. The van der Waals surface area contributed by atoms with Crippen molar-refractivity contribution in [1.82, 2.24) is 14.5 Å². The number of para-hydroxylation sites is 3. The van der Waals surface area contributed by atoms with Crippen molar-refractivity contribution in [2.75, 3.05) is 4.90 Å². The molecule has 0 bridgehead atoms. The fourth-order valence-electron chi connectivity index (χ4n) is 8.10. The van der Waals surface area contributed by atoms with Gasteiger partial charge in [-0.25, -0.2) is 9.97 Å². The van der Waals surface area contributed by atoms with Gasteiger partial charge in [0.2, 0.25) is 0 Å². The van der Waals surface area contributed by atoms with Gasteiger partial charge in [0.15, 0.2) is 5.82 Å². The number of aromatic nitrogens is 3. The van der Waals surface area contributed by atoms with E-state index >= 15 is 0 Å². The Bertz CT molecular complexity index is 2960. The minimum atomic E-state index is 0.668. The summed E-state index contributed by atoms with van der Waals surface area (Å²) in [5, 5.41) is 2.42. The Morgan fingerprint density at radius 1 is 0.474 bits per heavy atom. The summed E-state index contributed by atoms with van der Waals surface area (Å²) in [6.07, 6.45) is 9.27. The average molecular weight is 731 g/mol. The second-order valence-corrected chi connectivity index (χ2v) is 14.3. The predicted molar refractivity (Wildman–Crippen MR) is 238 cm³/mol. The van der Waals surface area contributed by atoms with Crippen molar-refractivity contribution in [3.8, 4) is 50.7 Å². The van der Waals surface area contributed by atoms with Crippen molar-refractivity contribution in [2.45, 2.75) is 6.42 Å². The van der Waals surface area contributed by atoms with Crippen molar-refractivity contribution in [3.63, 3.8) is 0 Å². The molecule has 3 heterocycles. The van der Waals surface area contributed by atoms with Gasteiger partial charge in [0.25, 0.3) is 0 Å². The molecule has 0 amide bonds. The van der Waals surface area contributed by atoms with Gasteiger partial charge >= 0.3 is 0 Å². The fraction of sp³-hybridized carbons (Fsp3) is 0.0189. The van der Waals surface area contributed by atoms with Gasteiger partial charge in [0.1, 0.15) is 0 Å². The van der Waals surface area contributed by atoms with E-state index in [0.29, 0.717) is 5.82 Å². The molecular weight excluding hydrogens is 693 g/mol. The van der Waals surface area contributed by atoms with Crippen LogP contribution in [0.5, 0.6) is 0 Å². The third kappa shape index (κ3) is 6.33. The van der Waals surface area contributed by atoms with Gasteiger partial charge in [-0.05, 0) is 71.7 Å². The van der Waals surface area contributed by atoms with E-state index in [9.17, 15) is 0 Å². The minimum Gasteiger partial charge on any atom is -0.311 e. The number of hydrogen-bond acceptors (Lipinski definition) is 3. The Morgan fingerprint density at radius 2 is 1.07 bits per heavy atom. The Morgan fingerprint density at radius 3 is 1.82 bits per heavy atom. The molecule has 0 radical (unpaired) electrons. The molecule has 0 unspecified atom stereocenters. The molecule has 0 aliphatic carbocycles. The topological polar surface area (TPSA) is 34.0 Å². The van der Waals surface area contributed by atoms with E-state index in [1.807, 2.05) is 18.2 Å². The zero-order chi connectivity index (χ0) is 38.1. The molecule has 1 aliphatic rings. The van der Waals surface area contributed by atoms with Crippen molar-refractivity contribution in [1.29, 1.82) is 0 Å². The van der Waals surface area contributed by atoms with Crippen LogP contribution in [0.4, 0.5) is 11.4 Å². The number of fused-ring (bicyclic) bond motifs is 4. The molecule has 1 aliphatic heterocycles. The molecular formula is C53H38N4. The summed E-state index contributed by atoms with van der Waals surface area (Å²) in [6.45, 7) is 4.63. The number of anilines is 2. The number of allylic oxidation sites excluding steroid dienone is 4. The van der Waals surface area contributed by atoms with E-state index in [1.54, 1.807) is 0 Å². The number of benzene rings is 7. The highest BCUT2D eigenvalue weighted by Crippen LogP contribution is 2.41. The van der Waals surface area contributed by atoms with E-state index in [4.69, 9.17) is 9.97 Å². The summed E-state index contributed by atoms with van der Waals surface area (Å²) < 4.78 is 2.38. The van der Waals surface area contributed by atoms with Crippen LogP contribution in [0.1, 0.15) is 5.56 Å². The van der Waals surface area contributed by atoms with Crippen molar-refractivity contribution in [2.24, 2.45) is 0 Å². The maximum atomic E-state index is 5.36. The second-order valence-electron chi connectivity index (χ2n) is 14.3. The first-order valence-electron chi connectivity index (χ1n) is 19.3. The van der Waals surface area contributed by atoms with Crippen LogP contribution in [-0.4, -0.2) is 14.5 Å². The van der Waals surface area contributed by atoms with Crippen molar-refractivity contribution in [3.05, 3.63) is 224 Å². The Balaban J connectivity index is 1.27. The molecule has 4 heteroatoms. The smallest absolute Gasteiger partial charge is 0.160 e. The normalized spacial score (nSPS) is 13.8. The van der Waals surface area contributed by atoms with Gasteiger partial charge in [-0.2, -0.15) is 0 Å². The molecule has 7 aromatic carbocycles. The highest BCUT2D eigenvalue weighted by molar-refractivity contribution is 6.09. The van der Waals surface area contributed by atoms with E-state index < -0.39 is 0 Å². The first kappa shape index (κ1) is 34.0. The van der Waals surface area contributed by atoms with Crippen molar-refractivity contribution < 1.29 is 0 Å². The zero-order valence-electron chi connectivity index (χ0n) is 31.3. The van der Waals surface area contributed by atoms with Crippen LogP contribution < -0.4 is 4.90 Å². The summed E-state index contributed by atoms with van der Waals surface area (Å²) in [5.74, 6) is 0.668. The van der Waals surface area contributed by atoms with E-state index in [2.05, 4.69) is 204 Å². The lowest BCUT2D eigenvalue weighted by molar-refractivity contribution is 1.13. The maximum absolute atomic E-state index is 5.36. The third-order valence-electron chi connectivity index (χ3n) is 10.7. The van der Waals surface area contributed by atoms with Gasteiger partial charge in [0, 0.05) is 50.2 Å². The first-order chi connectivity index (χ1) is 28.2. The van der Waals surface area contributed by atoms with Crippen LogP contribution in [-0.2, 0) is 6.42 Å². The summed E-state index contributed by atoms with van der Waals surface area (Å²) in [7, 11) is 0. The van der Waals surface area contributed by atoms with Crippen LogP contribution in [0.2, 0.25) is 0 Å². The highest BCUT2D eigenvalue weighted by atomic mass is 15.2. The molecule has 10 rings (SSSR count). The van der Waals surface area contributed by atoms with Crippen molar-refractivity contribution >= 4 is 33.2 Å². The molecule has 270 valence electrons. The molecule has 0 atom stereocenters. The summed E-state index contributed by atoms with van der Waals surface area (Å²) in [5.41, 5.74) is 14.4. The second kappa shape index (κ2) is 14.6. The van der Waals surface area contributed by atoms with Gasteiger partial charge in [-0.3, -0.25) is 0 Å². The number of hydrogen-bond donors (Lipinski definition) is 0. The van der Waals surface area contributed by atoms with Gasteiger partial charge in [0.05, 0.1) is 22.4 Å². The summed E-state index contributed by atoms with van der Waals surface area (Å²) >= 11 is 0. The predicted octanol–water partition coefficient (Wildman–Crippen LogP) is 13.6. The summed E-state index contributed by atoms with van der Waals surface area (Å²) in [6, 6.07) is 64.2. The van der Waals surface area contributed by atoms with Crippen LogP contribution >= 0.6 is 0 Å². The largest absolute Gasteiger partial charge is 0.311 e. The van der Waals surface area contributed by atoms with Gasteiger partial charge in [-0.15, -0.1) is 0 Å². The molecule has 4 nitrogen and oxygen atoms in total. The molecule has 57 heavy (non-hydrogen) atoms. The van der Waals surface area contributed by atoms with Crippen LogP contribution in [0.25, 0.3) is 72.5 Å². The Kier molecular flexibility index (Phi) is 8.69. The Labute approximate surface area is 332 Å². The van der Waals surface area contributed by atoms with E-state index in [-0.39, 0.29) is 0 Å². The average Bonchev–Trinajstić information content (AvgIpc) is 3.65. The van der Waals surface area contributed by atoms with E-state index in [1.165, 1.54) is 16.3 Å². The first-order valence-corrected chi connectivity index (χ1v) is 19.3. The maximum Gasteiger partial charge on any atom is 0.160 e. The van der Waals surface area contributed by atoms with E-state index in [0.717, 1.165) is 79.4 Å². The number of nitrogens with zero attached hydrogens (tertiary/aromatic N) is 4. The minimum absolute atomic E-state index is 0.668. The molecule has 2 aromatic heterocycles. The monoisotopic (exact) mass is 730 g/mol. The SMILES string of the molecule is C=C1/C=C\C=C/Cc2ccccc2N1c1cc(-c2cc(-c3ccccc3-c3ccccc3)nc(-c3ccccc3)n2)cc(-n2c3ccccc3c3ccccc32)c1. The molecule has 0 saturated carbocycles. The van der Waals surface area contributed by atoms with Crippen LogP contribution in [0, 0.1) is 0 Å². The lowest BCUT2D eigenvalue weighted by atomic mass is 9.96.